The summed E-state index contributed by atoms with van der Waals surface area (Å²) in [6, 6.07) is 17.9. The molecule has 0 spiro atoms. The highest BCUT2D eigenvalue weighted by molar-refractivity contribution is 7.71. The summed E-state index contributed by atoms with van der Waals surface area (Å²) in [4.78, 5) is 0. The normalized spacial score (nSPS) is 11.4. The van der Waals surface area contributed by atoms with Gasteiger partial charge in [0.25, 0.3) is 0 Å². The summed E-state index contributed by atoms with van der Waals surface area (Å²) in [6.07, 6.45) is 5.33. The number of nitrogens with one attached hydrogen (secondary N) is 1. The van der Waals surface area contributed by atoms with Gasteiger partial charge >= 0.3 is 0 Å². The maximum absolute atomic E-state index is 5.85. The van der Waals surface area contributed by atoms with Crippen molar-refractivity contribution in [1.29, 1.82) is 0 Å². The first-order valence-electron chi connectivity index (χ1n) is 9.63. The molecule has 0 aliphatic heterocycles. The molecule has 0 aliphatic carbocycles. The van der Waals surface area contributed by atoms with Crippen LogP contribution in [0.4, 0.5) is 0 Å². The summed E-state index contributed by atoms with van der Waals surface area (Å²) in [7, 11) is 0. The van der Waals surface area contributed by atoms with Crippen LogP contribution in [0.2, 0.25) is 0 Å². The van der Waals surface area contributed by atoms with Gasteiger partial charge in [-0.25, -0.2) is 9.78 Å². The number of benzene rings is 2. The fraction of sp³-hybridized carbons (Fsp3) is 0.182. The van der Waals surface area contributed by atoms with E-state index < -0.39 is 0 Å². The lowest BCUT2D eigenvalue weighted by Gasteiger charge is -2.08. The first kappa shape index (κ1) is 19.8. The molecule has 0 unspecified atom stereocenters. The van der Waals surface area contributed by atoms with Gasteiger partial charge < -0.3 is 4.74 Å². The van der Waals surface area contributed by atoms with E-state index >= 15 is 0 Å². The Morgan fingerprint density at radius 1 is 1.13 bits per heavy atom. The molecule has 8 heteroatoms. The first-order chi connectivity index (χ1) is 14.6. The monoisotopic (exact) mass is 418 g/mol. The number of rotatable bonds is 7. The van der Waals surface area contributed by atoms with Crippen LogP contribution in [0.25, 0.3) is 5.69 Å². The van der Waals surface area contributed by atoms with Crippen molar-refractivity contribution in [3.05, 3.63) is 88.7 Å². The zero-order valence-electron chi connectivity index (χ0n) is 16.8. The van der Waals surface area contributed by atoms with Gasteiger partial charge in [0, 0.05) is 11.8 Å². The Bertz CT molecular complexity index is 1190. The molecule has 2 aromatic carbocycles. The van der Waals surface area contributed by atoms with E-state index in [1.165, 1.54) is 5.56 Å². The average Bonchev–Trinajstić information content (AvgIpc) is 3.38. The van der Waals surface area contributed by atoms with Gasteiger partial charge in [0.05, 0.1) is 18.1 Å². The van der Waals surface area contributed by atoms with E-state index in [1.54, 1.807) is 21.8 Å². The van der Waals surface area contributed by atoms with Gasteiger partial charge in [-0.2, -0.15) is 20.0 Å². The molecule has 1 N–H and O–H groups in total. The van der Waals surface area contributed by atoms with Crippen molar-refractivity contribution in [1.82, 2.24) is 24.7 Å². The molecule has 30 heavy (non-hydrogen) atoms. The second kappa shape index (κ2) is 8.87. The van der Waals surface area contributed by atoms with E-state index in [4.69, 9.17) is 17.0 Å². The van der Waals surface area contributed by atoms with Crippen molar-refractivity contribution in [2.45, 2.75) is 26.4 Å². The van der Waals surface area contributed by atoms with E-state index in [2.05, 4.69) is 46.4 Å². The van der Waals surface area contributed by atoms with Gasteiger partial charge in [-0.1, -0.05) is 44.2 Å². The van der Waals surface area contributed by atoms with Gasteiger partial charge in [-0.3, -0.25) is 0 Å². The lowest BCUT2D eigenvalue weighted by atomic mass is 10.0. The lowest BCUT2D eigenvalue weighted by molar-refractivity contribution is 0.290. The maximum Gasteiger partial charge on any atom is 0.216 e. The predicted octanol–water partition coefficient (Wildman–Crippen LogP) is 4.71. The quantitative estimate of drug-likeness (QED) is 0.348. The molecule has 0 bridgehead atoms. The Morgan fingerprint density at radius 3 is 2.63 bits per heavy atom. The molecule has 4 aromatic rings. The number of H-pyrrole nitrogens is 1. The third-order valence-electron chi connectivity index (χ3n) is 4.58. The van der Waals surface area contributed by atoms with E-state index in [9.17, 15) is 0 Å². The van der Waals surface area contributed by atoms with Crippen molar-refractivity contribution < 1.29 is 4.74 Å². The molecule has 0 aliphatic rings. The van der Waals surface area contributed by atoms with Gasteiger partial charge in [-0.05, 0) is 48.0 Å². The number of ether oxygens (including phenoxy) is 1. The van der Waals surface area contributed by atoms with Crippen LogP contribution in [0.1, 0.15) is 36.7 Å². The van der Waals surface area contributed by atoms with E-state index in [0.29, 0.717) is 16.5 Å². The minimum Gasteiger partial charge on any atom is -0.486 e. The van der Waals surface area contributed by atoms with Crippen LogP contribution < -0.4 is 4.74 Å². The SMILES string of the molecule is CC(C)c1ccc(OCc2n[nH]c(=S)n2/N=C\c2cnn(-c3ccccc3)c2)cc1. The molecule has 0 saturated heterocycles. The van der Waals surface area contributed by atoms with Crippen LogP contribution in [-0.4, -0.2) is 30.9 Å². The zero-order valence-corrected chi connectivity index (χ0v) is 17.6. The van der Waals surface area contributed by atoms with E-state index in [1.807, 2.05) is 48.7 Å². The molecular weight excluding hydrogens is 396 g/mol. The summed E-state index contributed by atoms with van der Waals surface area (Å²) in [5.41, 5.74) is 3.10. The van der Waals surface area contributed by atoms with Crippen molar-refractivity contribution in [2.24, 2.45) is 5.10 Å². The molecule has 4 rings (SSSR count). The summed E-state index contributed by atoms with van der Waals surface area (Å²) < 4.78 is 9.60. The summed E-state index contributed by atoms with van der Waals surface area (Å²) >= 11 is 5.30. The van der Waals surface area contributed by atoms with E-state index in [-0.39, 0.29) is 6.61 Å². The van der Waals surface area contributed by atoms with Crippen molar-refractivity contribution in [3.8, 4) is 11.4 Å². The molecule has 152 valence electrons. The standard InChI is InChI=1S/C22H22N6OS/c1-16(2)18-8-10-20(11-9-18)29-15-21-25-26-22(30)28(21)24-13-17-12-23-27(14-17)19-6-4-3-5-7-19/h3-14,16H,15H2,1-2H3,(H,26,30)/b24-13-. The number of para-hydroxylation sites is 1. The van der Waals surface area contributed by atoms with Crippen LogP contribution in [0, 0.1) is 4.77 Å². The van der Waals surface area contributed by atoms with E-state index in [0.717, 1.165) is 17.0 Å². The third-order valence-corrected chi connectivity index (χ3v) is 4.84. The summed E-state index contributed by atoms with van der Waals surface area (Å²) in [5.74, 6) is 1.84. The van der Waals surface area contributed by atoms with Crippen molar-refractivity contribution in [2.75, 3.05) is 0 Å². The van der Waals surface area contributed by atoms with Gasteiger partial charge in [0.1, 0.15) is 12.4 Å². The minimum absolute atomic E-state index is 0.245. The second-order valence-electron chi connectivity index (χ2n) is 7.07. The highest BCUT2D eigenvalue weighted by Crippen LogP contribution is 2.19. The Hall–Kier alpha value is -3.52. The average molecular weight is 419 g/mol. The molecule has 0 atom stereocenters. The van der Waals surface area contributed by atoms with Crippen LogP contribution in [0.3, 0.4) is 0 Å². The van der Waals surface area contributed by atoms with Crippen molar-refractivity contribution in [3.63, 3.8) is 0 Å². The molecule has 0 radical (unpaired) electrons. The maximum atomic E-state index is 5.85. The molecular formula is C22H22N6OS. The molecule has 0 saturated carbocycles. The Labute approximate surface area is 179 Å². The van der Waals surface area contributed by atoms with Gasteiger partial charge in [0.15, 0.2) is 5.82 Å². The number of nitrogens with zero attached hydrogens (tertiary/aromatic N) is 5. The van der Waals surface area contributed by atoms with Crippen LogP contribution in [0.5, 0.6) is 5.75 Å². The molecule has 2 aromatic heterocycles. The summed E-state index contributed by atoms with van der Waals surface area (Å²) in [6.45, 7) is 4.57. The minimum atomic E-state index is 0.245. The van der Waals surface area contributed by atoms with Crippen LogP contribution in [-0.2, 0) is 6.61 Å². The van der Waals surface area contributed by atoms with Gasteiger partial charge in [-0.15, -0.1) is 0 Å². The van der Waals surface area contributed by atoms with Crippen molar-refractivity contribution >= 4 is 18.4 Å². The largest absolute Gasteiger partial charge is 0.486 e. The fourth-order valence-corrected chi connectivity index (χ4v) is 3.08. The lowest BCUT2D eigenvalue weighted by Crippen LogP contribution is -2.04. The first-order valence-corrected chi connectivity index (χ1v) is 10.0. The highest BCUT2D eigenvalue weighted by Gasteiger charge is 2.07. The zero-order chi connectivity index (χ0) is 20.9. The summed E-state index contributed by atoms with van der Waals surface area (Å²) in [5, 5.41) is 15.8. The number of hydrogen-bond donors (Lipinski definition) is 1. The fourth-order valence-electron chi connectivity index (χ4n) is 2.88. The molecule has 7 nitrogen and oxygen atoms in total. The topological polar surface area (TPSA) is 73.0 Å². The Kier molecular flexibility index (Phi) is 5.85. The Morgan fingerprint density at radius 2 is 1.90 bits per heavy atom. The number of aromatic nitrogens is 5. The number of hydrogen-bond acceptors (Lipinski definition) is 5. The van der Waals surface area contributed by atoms with Crippen LogP contribution >= 0.6 is 12.2 Å². The smallest absolute Gasteiger partial charge is 0.216 e. The van der Waals surface area contributed by atoms with Gasteiger partial charge in [0.2, 0.25) is 4.77 Å². The number of aromatic amines is 1. The molecule has 0 amide bonds. The molecule has 0 fully saturated rings. The molecule has 2 heterocycles. The predicted molar refractivity (Wildman–Crippen MR) is 119 cm³/mol. The third kappa shape index (κ3) is 4.55. The van der Waals surface area contributed by atoms with Crippen LogP contribution in [0.15, 0.2) is 72.1 Å². The highest BCUT2D eigenvalue weighted by atomic mass is 32.1. The Balaban J connectivity index is 1.46. The second-order valence-corrected chi connectivity index (χ2v) is 7.45.